The Morgan fingerprint density at radius 2 is 2.04 bits per heavy atom. The number of hydrogen-bond donors (Lipinski definition) is 0. The maximum atomic E-state index is 12.8. The average Bonchev–Trinajstić information content (AvgIpc) is 2.50. The van der Waals surface area contributed by atoms with Crippen molar-refractivity contribution in [1.29, 1.82) is 0 Å². The average molecular weight is 451 g/mol. The lowest BCUT2D eigenvalue weighted by molar-refractivity contribution is 0.125. The van der Waals surface area contributed by atoms with E-state index in [0.29, 0.717) is 21.0 Å². The summed E-state index contributed by atoms with van der Waals surface area (Å²) in [6.45, 7) is 1.26. The van der Waals surface area contributed by atoms with Gasteiger partial charge in [-0.15, -0.1) is 11.8 Å². The minimum absolute atomic E-state index is 0.398. The molecule has 0 unspecified atom stereocenters. The number of pyridine rings is 1. The Bertz CT molecular complexity index is 749. The standard InChI is InChI=1S/C16H16F2INO2S/c1-10-7-11(22-9-23-2)3-4-12(10)14-6-5-13(19)16(21)20(14)8-15(17)18/h3-7,15H,8-9H2,1-2H3. The van der Waals surface area contributed by atoms with Gasteiger partial charge >= 0.3 is 0 Å². The number of thioether (sulfide) groups is 1. The highest BCUT2D eigenvalue weighted by atomic mass is 127. The van der Waals surface area contributed by atoms with Gasteiger partial charge in [-0.1, -0.05) is 0 Å². The van der Waals surface area contributed by atoms with Gasteiger partial charge in [0.25, 0.3) is 12.0 Å². The maximum absolute atomic E-state index is 12.8. The van der Waals surface area contributed by atoms with E-state index in [1.54, 1.807) is 36.0 Å². The quantitative estimate of drug-likeness (QED) is 0.482. The Kier molecular flexibility index (Phi) is 6.46. The molecule has 0 N–H and O–H groups in total. The lowest BCUT2D eigenvalue weighted by atomic mass is 10.0. The third kappa shape index (κ3) is 4.47. The van der Waals surface area contributed by atoms with Crippen molar-refractivity contribution in [2.75, 3.05) is 12.2 Å². The first-order chi connectivity index (χ1) is 10.9. The molecule has 0 spiro atoms. The lowest BCUT2D eigenvalue weighted by Gasteiger charge is -2.16. The number of hydrogen-bond acceptors (Lipinski definition) is 3. The van der Waals surface area contributed by atoms with Crippen molar-refractivity contribution < 1.29 is 13.5 Å². The van der Waals surface area contributed by atoms with Crippen molar-refractivity contribution in [2.45, 2.75) is 19.9 Å². The van der Waals surface area contributed by atoms with Crippen LogP contribution in [0.2, 0.25) is 0 Å². The van der Waals surface area contributed by atoms with Gasteiger partial charge < -0.3 is 9.30 Å². The van der Waals surface area contributed by atoms with Gasteiger partial charge in [-0.05, 0) is 71.7 Å². The summed E-state index contributed by atoms with van der Waals surface area (Å²) in [6.07, 6.45) is -0.648. The first-order valence-corrected chi connectivity index (χ1v) is 9.31. The first-order valence-electron chi connectivity index (χ1n) is 6.84. The normalized spacial score (nSPS) is 11.0. The second-order valence-electron chi connectivity index (χ2n) is 4.90. The number of ether oxygens (including phenoxy) is 1. The van der Waals surface area contributed by atoms with Crippen molar-refractivity contribution in [3.63, 3.8) is 0 Å². The molecule has 2 aromatic rings. The number of halogens is 3. The molecule has 0 fully saturated rings. The van der Waals surface area contributed by atoms with Crippen LogP contribution in [0.1, 0.15) is 5.56 Å². The molecule has 7 heteroatoms. The summed E-state index contributed by atoms with van der Waals surface area (Å²) in [4.78, 5) is 12.2. The summed E-state index contributed by atoms with van der Waals surface area (Å²) in [5.41, 5.74) is 1.71. The third-order valence-electron chi connectivity index (χ3n) is 3.27. The van der Waals surface area contributed by atoms with Crippen LogP contribution in [0.3, 0.4) is 0 Å². The molecule has 3 nitrogen and oxygen atoms in total. The summed E-state index contributed by atoms with van der Waals surface area (Å²) < 4.78 is 32.8. The van der Waals surface area contributed by atoms with Crippen LogP contribution >= 0.6 is 34.4 Å². The van der Waals surface area contributed by atoms with Gasteiger partial charge in [-0.3, -0.25) is 4.79 Å². The molecule has 0 saturated carbocycles. The van der Waals surface area contributed by atoms with Crippen LogP contribution in [0.5, 0.6) is 5.75 Å². The smallest absolute Gasteiger partial charge is 0.264 e. The molecular weight excluding hydrogens is 435 g/mol. The topological polar surface area (TPSA) is 31.2 Å². The van der Waals surface area contributed by atoms with E-state index in [-0.39, 0.29) is 0 Å². The molecule has 124 valence electrons. The van der Waals surface area contributed by atoms with Crippen LogP contribution in [-0.2, 0) is 6.54 Å². The summed E-state index contributed by atoms with van der Waals surface area (Å²) in [6, 6.07) is 8.79. The Hall–Kier alpha value is -1.09. The molecule has 1 aromatic carbocycles. The number of nitrogens with zero attached hydrogens (tertiary/aromatic N) is 1. The van der Waals surface area contributed by atoms with Crippen molar-refractivity contribution in [3.05, 3.63) is 49.8 Å². The molecule has 0 aliphatic rings. The number of aromatic nitrogens is 1. The minimum atomic E-state index is -2.59. The molecule has 1 heterocycles. The number of alkyl halides is 2. The fourth-order valence-electron chi connectivity index (χ4n) is 2.25. The molecule has 0 radical (unpaired) electrons. The Balaban J connectivity index is 2.49. The van der Waals surface area contributed by atoms with Gasteiger partial charge in [0.2, 0.25) is 0 Å². The SMILES string of the molecule is CSCOc1ccc(-c2ccc(I)c(=O)n2CC(F)F)c(C)c1. The van der Waals surface area contributed by atoms with Crippen molar-refractivity contribution >= 4 is 34.4 Å². The first kappa shape index (κ1) is 18.3. The van der Waals surface area contributed by atoms with E-state index in [0.717, 1.165) is 15.7 Å². The van der Waals surface area contributed by atoms with E-state index >= 15 is 0 Å². The van der Waals surface area contributed by atoms with Gasteiger partial charge in [0, 0.05) is 5.56 Å². The van der Waals surface area contributed by atoms with E-state index in [2.05, 4.69) is 0 Å². The third-order valence-corrected chi connectivity index (χ3v) is 4.44. The van der Waals surface area contributed by atoms with Gasteiger partial charge in [0.05, 0.1) is 15.8 Å². The van der Waals surface area contributed by atoms with E-state index in [4.69, 9.17) is 4.74 Å². The predicted molar refractivity (Wildman–Crippen MR) is 98.6 cm³/mol. The van der Waals surface area contributed by atoms with Gasteiger partial charge in [-0.25, -0.2) is 8.78 Å². The van der Waals surface area contributed by atoms with Crippen LogP contribution in [0.15, 0.2) is 35.1 Å². The van der Waals surface area contributed by atoms with Crippen LogP contribution in [0, 0.1) is 10.5 Å². The van der Waals surface area contributed by atoms with Crippen molar-refractivity contribution in [3.8, 4) is 17.0 Å². The fourth-order valence-corrected chi connectivity index (χ4v) is 2.97. The molecule has 2 rings (SSSR count). The summed E-state index contributed by atoms with van der Waals surface area (Å²) in [5.74, 6) is 1.26. The zero-order valence-corrected chi connectivity index (χ0v) is 15.7. The molecule has 23 heavy (non-hydrogen) atoms. The predicted octanol–water partition coefficient (Wildman–Crippen LogP) is 4.39. The largest absolute Gasteiger partial charge is 0.483 e. The molecule has 0 atom stereocenters. The van der Waals surface area contributed by atoms with E-state index in [1.165, 1.54) is 0 Å². The molecule has 1 aromatic heterocycles. The second-order valence-corrected chi connectivity index (χ2v) is 6.88. The van der Waals surface area contributed by atoms with Crippen molar-refractivity contribution in [1.82, 2.24) is 4.57 Å². The van der Waals surface area contributed by atoms with Crippen molar-refractivity contribution in [2.24, 2.45) is 0 Å². The zero-order chi connectivity index (χ0) is 17.0. The summed E-state index contributed by atoms with van der Waals surface area (Å²) in [7, 11) is 0. The van der Waals surface area contributed by atoms with Crippen LogP contribution in [0.25, 0.3) is 11.3 Å². The molecule has 0 amide bonds. The fraction of sp³-hybridized carbons (Fsp3) is 0.312. The number of benzene rings is 1. The van der Waals surface area contributed by atoms with Crippen LogP contribution in [0.4, 0.5) is 8.78 Å². The summed E-state index contributed by atoms with van der Waals surface area (Å²) >= 11 is 3.43. The molecular formula is C16H16F2INO2S. The Morgan fingerprint density at radius 1 is 1.30 bits per heavy atom. The Labute approximate surface area is 151 Å². The van der Waals surface area contributed by atoms with Gasteiger partial charge in [0.15, 0.2) is 0 Å². The second kappa shape index (κ2) is 8.14. The molecule has 0 aliphatic heterocycles. The molecule has 0 bridgehead atoms. The Morgan fingerprint density at radius 3 is 2.65 bits per heavy atom. The van der Waals surface area contributed by atoms with Crippen LogP contribution in [-0.4, -0.2) is 23.2 Å². The number of rotatable bonds is 6. The van der Waals surface area contributed by atoms with Gasteiger partial charge in [0.1, 0.15) is 11.7 Å². The monoisotopic (exact) mass is 451 g/mol. The number of aryl methyl sites for hydroxylation is 1. The van der Waals surface area contributed by atoms with Crippen LogP contribution < -0.4 is 10.3 Å². The zero-order valence-electron chi connectivity index (χ0n) is 12.7. The minimum Gasteiger partial charge on any atom is -0.483 e. The highest BCUT2D eigenvalue weighted by Crippen LogP contribution is 2.27. The van der Waals surface area contributed by atoms with Gasteiger partial charge in [-0.2, -0.15) is 0 Å². The molecule has 0 saturated heterocycles. The highest BCUT2D eigenvalue weighted by Gasteiger charge is 2.15. The molecule has 0 aliphatic carbocycles. The van der Waals surface area contributed by atoms with E-state index < -0.39 is 18.5 Å². The maximum Gasteiger partial charge on any atom is 0.264 e. The van der Waals surface area contributed by atoms with E-state index in [1.807, 2.05) is 41.8 Å². The lowest BCUT2D eigenvalue weighted by Crippen LogP contribution is -2.26. The summed E-state index contributed by atoms with van der Waals surface area (Å²) in [5, 5.41) is 0. The highest BCUT2D eigenvalue weighted by molar-refractivity contribution is 14.1. The van der Waals surface area contributed by atoms with E-state index in [9.17, 15) is 13.6 Å².